The molecule has 2 aromatic carbocycles. The lowest BCUT2D eigenvalue weighted by molar-refractivity contribution is -0.135. The van der Waals surface area contributed by atoms with Crippen molar-refractivity contribution in [2.45, 2.75) is 27.7 Å². The Labute approximate surface area is 164 Å². The highest BCUT2D eigenvalue weighted by Gasteiger charge is 2.65. The predicted octanol–water partition coefficient (Wildman–Crippen LogP) is 3.84. The SMILES string of the molecule is CC1=NN(c2ccccc2)C(=O)C1(C)C1(C)C(=O)N(c2ccccc2)N=C1C. The van der Waals surface area contributed by atoms with E-state index in [-0.39, 0.29) is 11.8 Å². The summed E-state index contributed by atoms with van der Waals surface area (Å²) in [6, 6.07) is 18.5. The van der Waals surface area contributed by atoms with Gasteiger partial charge < -0.3 is 0 Å². The molecule has 6 heteroatoms. The molecule has 0 spiro atoms. The molecule has 6 nitrogen and oxygen atoms in total. The van der Waals surface area contributed by atoms with E-state index in [2.05, 4.69) is 10.2 Å². The molecule has 2 atom stereocenters. The topological polar surface area (TPSA) is 65.3 Å². The molecule has 142 valence electrons. The van der Waals surface area contributed by atoms with Gasteiger partial charge in [0.15, 0.2) is 0 Å². The average molecular weight is 374 g/mol. The zero-order valence-corrected chi connectivity index (χ0v) is 16.4. The van der Waals surface area contributed by atoms with Crippen molar-refractivity contribution in [2.75, 3.05) is 10.0 Å². The van der Waals surface area contributed by atoms with Crippen molar-refractivity contribution >= 4 is 34.6 Å². The lowest BCUT2D eigenvalue weighted by atomic mass is 9.60. The van der Waals surface area contributed by atoms with Gasteiger partial charge in [0, 0.05) is 0 Å². The molecule has 2 aliphatic heterocycles. The van der Waals surface area contributed by atoms with E-state index in [1.165, 1.54) is 10.0 Å². The van der Waals surface area contributed by atoms with Crippen LogP contribution in [0, 0.1) is 10.8 Å². The van der Waals surface area contributed by atoms with Gasteiger partial charge in [-0.1, -0.05) is 36.4 Å². The number of hydrogen-bond acceptors (Lipinski definition) is 4. The first kappa shape index (κ1) is 18.1. The Morgan fingerprint density at radius 2 is 0.964 bits per heavy atom. The number of hydrazone groups is 2. The molecule has 0 N–H and O–H groups in total. The molecular weight excluding hydrogens is 352 g/mol. The number of anilines is 2. The Balaban J connectivity index is 1.78. The zero-order valence-electron chi connectivity index (χ0n) is 16.4. The zero-order chi connectivity index (χ0) is 20.1. The Bertz CT molecular complexity index is 932. The number of para-hydroxylation sites is 2. The van der Waals surface area contributed by atoms with Crippen LogP contribution >= 0.6 is 0 Å². The number of nitrogens with zero attached hydrogens (tertiary/aromatic N) is 4. The van der Waals surface area contributed by atoms with Crippen LogP contribution in [0.5, 0.6) is 0 Å². The van der Waals surface area contributed by atoms with Gasteiger partial charge in [-0.05, 0) is 52.0 Å². The third-order valence-electron chi connectivity index (χ3n) is 6.19. The fourth-order valence-electron chi connectivity index (χ4n) is 3.96. The summed E-state index contributed by atoms with van der Waals surface area (Å²) in [5, 5.41) is 11.8. The quantitative estimate of drug-likeness (QED) is 0.819. The molecule has 0 saturated heterocycles. The second kappa shape index (κ2) is 6.12. The first-order valence-corrected chi connectivity index (χ1v) is 9.22. The highest BCUT2D eigenvalue weighted by atomic mass is 16.2. The minimum absolute atomic E-state index is 0.225. The summed E-state index contributed by atoms with van der Waals surface area (Å²) in [7, 11) is 0. The minimum atomic E-state index is -1.13. The smallest absolute Gasteiger partial charge is 0.260 e. The predicted molar refractivity (Wildman–Crippen MR) is 110 cm³/mol. The summed E-state index contributed by atoms with van der Waals surface area (Å²) in [6.07, 6.45) is 0. The number of carbonyl (C=O) groups is 2. The molecule has 0 radical (unpaired) electrons. The van der Waals surface area contributed by atoms with Crippen LogP contribution in [0.2, 0.25) is 0 Å². The van der Waals surface area contributed by atoms with Gasteiger partial charge in [-0.3, -0.25) is 9.59 Å². The van der Waals surface area contributed by atoms with Crippen molar-refractivity contribution < 1.29 is 9.59 Å². The summed E-state index contributed by atoms with van der Waals surface area (Å²) in [4.78, 5) is 27.1. The molecule has 0 bridgehead atoms. The van der Waals surface area contributed by atoms with Gasteiger partial charge in [-0.15, -0.1) is 0 Å². The normalized spacial score (nSPS) is 27.3. The first-order chi connectivity index (χ1) is 13.3. The molecule has 4 rings (SSSR count). The van der Waals surface area contributed by atoms with E-state index in [0.717, 1.165) is 0 Å². The molecule has 28 heavy (non-hydrogen) atoms. The first-order valence-electron chi connectivity index (χ1n) is 9.22. The largest absolute Gasteiger partial charge is 0.271 e. The molecule has 0 aromatic heterocycles. The van der Waals surface area contributed by atoms with Gasteiger partial charge in [0.1, 0.15) is 10.8 Å². The maximum absolute atomic E-state index is 13.6. The second-order valence-electron chi connectivity index (χ2n) is 7.53. The van der Waals surface area contributed by atoms with Crippen LogP contribution in [0.15, 0.2) is 70.9 Å². The maximum Gasteiger partial charge on any atom is 0.260 e. The number of benzene rings is 2. The number of carbonyl (C=O) groups excluding carboxylic acids is 2. The molecule has 0 saturated carbocycles. The maximum atomic E-state index is 13.6. The van der Waals surface area contributed by atoms with Crippen molar-refractivity contribution in [1.82, 2.24) is 0 Å². The lowest BCUT2D eigenvalue weighted by Crippen LogP contribution is -2.56. The fourth-order valence-corrected chi connectivity index (χ4v) is 3.96. The summed E-state index contributed by atoms with van der Waals surface area (Å²) in [5.41, 5.74) is 0.301. The van der Waals surface area contributed by atoms with E-state index in [1.807, 2.05) is 60.7 Å². The van der Waals surface area contributed by atoms with Crippen LogP contribution in [-0.2, 0) is 9.59 Å². The van der Waals surface area contributed by atoms with E-state index in [1.54, 1.807) is 27.7 Å². The molecule has 2 heterocycles. The van der Waals surface area contributed by atoms with E-state index < -0.39 is 10.8 Å². The van der Waals surface area contributed by atoms with Crippen LogP contribution in [0.1, 0.15) is 27.7 Å². The van der Waals surface area contributed by atoms with Crippen molar-refractivity contribution in [3.8, 4) is 0 Å². The highest BCUT2D eigenvalue weighted by molar-refractivity contribution is 6.30. The van der Waals surface area contributed by atoms with Crippen molar-refractivity contribution in [2.24, 2.45) is 21.0 Å². The minimum Gasteiger partial charge on any atom is -0.271 e. The number of rotatable bonds is 3. The van der Waals surface area contributed by atoms with Gasteiger partial charge >= 0.3 is 0 Å². The molecule has 0 aliphatic carbocycles. The molecule has 2 aromatic rings. The summed E-state index contributed by atoms with van der Waals surface area (Å²) < 4.78 is 0. The van der Waals surface area contributed by atoms with Crippen molar-refractivity contribution in [3.63, 3.8) is 0 Å². The van der Waals surface area contributed by atoms with Gasteiger partial charge in [0.2, 0.25) is 0 Å². The van der Waals surface area contributed by atoms with Crippen LogP contribution in [0.4, 0.5) is 11.4 Å². The standard InChI is InChI=1S/C22H22N4O2/c1-15-21(3,19(27)25(23-15)17-11-7-5-8-12-17)22(4)16(2)24-26(20(22)28)18-13-9-6-10-14-18/h5-14H,1-4H3. The summed E-state index contributed by atoms with van der Waals surface area (Å²) in [6.45, 7) is 7.20. The molecule has 2 amide bonds. The molecular formula is C22H22N4O2. The van der Waals surface area contributed by atoms with E-state index in [4.69, 9.17) is 0 Å². The third-order valence-corrected chi connectivity index (χ3v) is 6.19. The van der Waals surface area contributed by atoms with Crippen LogP contribution in [0.25, 0.3) is 0 Å². The van der Waals surface area contributed by atoms with Gasteiger partial charge in [0.25, 0.3) is 11.8 Å². The Kier molecular flexibility index (Phi) is 3.96. The average Bonchev–Trinajstić information content (AvgIpc) is 3.10. The Morgan fingerprint density at radius 1 is 0.643 bits per heavy atom. The van der Waals surface area contributed by atoms with Gasteiger partial charge in [-0.25, -0.2) is 0 Å². The fraction of sp³-hybridized carbons (Fsp3) is 0.273. The van der Waals surface area contributed by atoms with Crippen molar-refractivity contribution in [1.29, 1.82) is 0 Å². The Hall–Kier alpha value is -3.28. The van der Waals surface area contributed by atoms with Crippen LogP contribution < -0.4 is 10.0 Å². The highest BCUT2D eigenvalue weighted by Crippen LogP contribution is 2.51. The van der Waals surface area contributed by atoms with E-state index >= 15 is 0 Å². The molecule has 2 aliphatic rings. The lowest BCUT2D eigenvalue weighted by Gasteiger charge is -2.38. The second-order valence-corrected chi connectivity index (χ2v) is 7.53. The monoisotopic (exact) mass is 374 g/mol. The van der Waals surface area contributed by atoms with Crippen molar-refractivity contribution in [3.05, 3.63) is 60.7 Å². The third kappa shape index (κ3) is 2.21. The number of amides is 2. The molecule has 0 fully saturated rings. The summed E-state index contributed by atoms with van der Waals surface area (Å²) in [5.74, 6) is -0.451. The van der Waals surface area contributed by atoms with Crippen LogP contribution in [-0.4, -0.2) is 23.2 Å². The summed E-state index contributed by atoms with van der Waals surface area (Å²) >= 11 is 0. The van der Waals surface area contributed by atoms with E-state index in [0.29, 0.717) is 22.8 Å². The number of hydrogen-bond donors (Lipinski definition) is 0. The Morgan fingerprint density at radius 3 is 1.29 bits per heavy atom. The van der Waals surface area contributed by atoms with Gasteiger partial charge in [0.05, 0.1) is 22.8 Å². The van der Waals surface area contributed by atoms with E-state index in [9.17, 15) is 9.59 Å². The van der Waals surface area contributed by atoms with Crippen LogP contribution in [0.3, 0.4) is 0 Å². The molecule has 2 unspecified atom stereocenters. The van der Waals surface area contributed by atoms with Gasteiger partial charge in [-0.2, -0.15) is 20.2 Å².